The van der Waals surface area contributed by atoms with Gasteiger partial charge >= 0.3 is 0 Å². The molecule has 0 aromatic carbocycles. The molecule has 0 aromatic heterocycles. The molecule has 2 nitrogen and oxygen atoms in total. The molecule has 0 spiro atoms. The summed E-state index contributed by atoms with van der Waals surface area (Å²) in [5.74, 6) is 3.18. The lowest BCUT2D eigenvalue weighted by molar-refractivity contribution is 0.118. The maximum atomic E-state index is 5.74. The van der Waals surface area contributed by atoms with Crippen molar-refractivity contribution in [1.82, 2.24) is 5.32 Å². The fourth-order valence-electron chi connectivity index (χ4n) is 4.74. The van der Waals surface area contributed by atoms with Crippen LogP contribution >= 0.6 is 0 Å². The van der Waals surface area contributed by atoms with E-state index in [1.807, 2.05) is 0 Å². The molecular weight excluding hydrogens is 222 g/mol. The summed E-state index contributed by atoms with van der Waals surface area (Å²) in [6, 6.07) is 0. The molecule has 4 atom stereocenters. The zero-order chi connectivity index (χ0) is 12.4. The average Bonchev–Trinajstić information content (AvgIpc) is 3.06. The van der Waals surface area contributed by atoms with Crippen LogP contribution in [0.25, 0.3) is 0 Å². The Balaban J connectivity index is 1.56. The number of hydrogen-bond donors (Lipinski definition) is 1. The fraction of sp³-hybridized carbons (Fsp3) is 1.00. The molecule has 3 aliphatic rings. The van der Waals surface area contributed by atoms with Crippen molar-refractivity contribution in [3.05, 3.63) is 0 Å². The minimum atomic E-state index is 0.477. The Bertz CT molecular complexity index is 272. The van der Waals surface area contributed by atoms with Crippen molar-refractivity contribution in [2.45, 2.75) is 51.9 Å². The molecular formula is C16H29NO. The van der Waals surface area contributed by atoms with E-state index in [0.717, 1.165) is 31.0 Å². The maximum absolute atomic E-state index is 5.74. The SMILES string of the molecule is CCCNCC1(CC2CC3CCC2C3)CCOC1. The monoisotopic (exact) mass is 251 g/mol. The highest BCUT2D eigenvalue weighted by molar-refractivity contribution is 4.95. The van der Waals surface area contributed by atoms with Gasteiger partial charge in [-0.1, -0.05) is 13.3 Å². The van der Waals surface area contributed by atoms with Gasteiger partial charge in [0.25, 0.3) is 0 Å². The van der Waals surface area contributed by atoms with Crippen LogP contribution in [0, 0.1) is 23.2 Å². The lowest BCUT2D eigenvalue weighted by Crippen LogP contribution is -2.37. The van der Waals surface area contributed by atoms with E-state index in [1.54, 1.807) is 6.42 Å². The van der Waals surface area contributed by atoms with Gasteiger partial charge in [-0.25, -0.2) is 0 Å². The van der Waals surface area contributed by atoms with Gasteiger partial charge in [0.15, 0.2) is 0 Å². The summed E-state index contributed by atoms with van der Waals surface area (Å²) >= 11 is 0. The molecule has 0 amide bonds. The summed E-state index contributed by atoms with van der Waals surface area (Å²) in [6.45, 7) is 6.61. The first kappa shape index (κ1) is 12.9. The largest absolute Gasteiger partial charge is 0.381 e. The summed E-state index contributed by atoms with van der Waals surface area (Å²) in [5, 5.41) is 3.66. The first-order valence-corrected chi connectivity index (χ1v) is 8.10. The first-order chi connectivity index (χ1) is 8.81. The van der Waals surface area contributed by atoms with E-state index < -0.39 is 0 Å². The Morgan fingerprint density at radius 1 is 1.28 bits per heavy atom. The zero-order valence-electron chi connectivity index (χ0n) is 11.9. The van der Waals surface area contributed by atoms with E-state index in [-0.39, 0.29) is 0 Å². The summed E-state index contributed by atoms with van der Waals surface area (Å²) in [7, 11) is 0. The quantitative estimate of drug-likeness (QED) is 0.732. The minimum Gasteiger partial charge on any atom is -0.381 e. The van der Waals surface area contributed by atoms with Crippen molar-refractivity contribution >= 4 is 0 Å². The predicted molar refractivity (Wildman–Crippen MR) is 74.6 cm³/mol. The molecule has 18 heavy (non-hydrogen) atoms. The maximum Gasteiger partial charge on any atom is 0.0535 e. The molecule has 1 saturated heterocycles. The van der Waals surface area contributed by atoms with Crippen molar-refractivity contribution in [1.29, 1.82) is 0 Å². The van der Waals surface area contributed by atoms with Crippen LogP contribution in [0.2, 0.25) is 0 Å². The smallest absolute Gasteiger partial charge is 0.0535 e. The molecule has 0 radical (unpaired) electrons. The van der Waals surface area contributed by atoms with E-state index in [2.05, 4.69) is 12.2 Å². The van der Waals surface area contributed by atoms with Crippen molar-refractivity contribution in [3.8, 4) is 0 Å². The van der Waals surface area contributed by atoms with Crippen LogP contribution in [-0.4, -0.2) is 26.3 Å². The Hall–Kier alpha value is -0.0800. The Morgan fingerprint density at radius 2 is 2.22 bits per heavy atom. The van der Waals surface area contributed by atoms with Crippen LogP contribution in [0.15, 0.2) is 0 Å². The molecule has 3 rings (SSSR count). The summed E-state index contributed by atoms with van der Waals surface area (Å²) in [4.78, 5) is 0. The number of fused-ring (bicyclic) bond motifs is 2. The van der Waals surface area contributed by atoms with Crippen LogP contribution in [0.3, 0.4) is 0 Å². The molecule has 104 valence electrons. The summed E-state index contributed by atoms with van der Waals surface area (Å²) < 4.78 is 5.74. The number of nitrogens with one attached hydrogen (secondary N) is 1. The highest BCUT2D eigenvalue weighted by Gasteiger charge is 2.44. The molecule has 2 saturated carbocycles. The Labute approximate surface area is 112 Å². The molecule has 3 fully saturated rings. The van der Waals surface area contributed by atoms with Crippen molar-refractivity contribution in [2.75, 3.05) is 26.3 Å². The zero-order valence-corrected chi connectivity index (χ0v) is 11.9. The van der Waals surface area contributed by atoms with Crippen LogP contribution in [0.4, 0.5) is 0 Å². The van der Waals surface area contributed by atoms with E-state index >= 15 is 0 Å². The third-order valence-corrected chi connectivity index (χ3v) is 5.69. The van der Waals surface area contributed by atoms with Crippen LogP contribution in [-0.2, 0) is 4.74 Å². The summed E-state index contributed by atoms with van der Waals surface area (Å²) in [5.41, 5.74) is 0.477. The number of rotatable bonds is 6. The van der Waals surface area contributed by atoms with E-state index in [9.17, 15) is 0 Å². The average molecular weight is 251 g/mol. The molecule has 4 unspecified atom stereocenters. The lowest BCUT2D eigenvalue weighted by Gasteiger charge is -2.34. The highest BCUT2D eigenvalue weighted by Crippen LogP contribution is 2.52. The number of hydrogen-bond acceptors (Lipinski definition) is 2. The van der Waals surface area contributed by atoms with Gasteiger partial charge in [-0.3, -0.25) is 0 Å². The van der Waals surface area contributed by atoms with Gasteiger partial charge in [-0.15, -0.1) is 0 Å². The van der Waals surface area contributed by atoms with Crippen LogP contribution in [0.5, 0.6) is 0 Å². The highest BCUT2D eigenvalue weighted by atomic mass is 16.5. The third kappa shape index (κ3) is 2.60. The van der Waals surface area contributed by atoms with E-state index in [1.165, 1.54) is 51.6 Å². The van der Waals surface area contributed by atoms with Gasteiger partial charge < -0.3 is 10.1 Å². The van der Waals surface area contributed by atoms with E-state index in [0.29, 0.717) is 5.41 Å². The van der Waals surface area contributed by atoms with Crippen molar-refractivity contribution in [3.63, 3.8) is 0 Å². The summed E-state index contributed by atoms with van der Waals surface area (Å²) in [6.07, 6.45) is 10.1. The van der Waals surface area contributed by atoms with Gasteiger partial charge in [-0.2, -0.15) is 0 Å². The number of ether oxygens (including phenoxy) is 1. The second-order valence-corrected chi connectivity index (χ2v) is 7.12. The Morgan fingerprint density at radius 3 is 2.83 bits per heavy atom. The first-order valence-electron chi connectivity index (χ1n) is 8.10. The second-order valence-electron chi connectivity index (χ2n) is 7.12. The molecule has 2 aliphatic carbocycles. The van der Waals surface area contributed by atoms with E-state index in [4.69, 9.17) is 4.74 Å². The topological polar surface area (TPSA) is 21.3 Å². The minimum absolute atomic E-state index is 0.477. The molecule has 1 heterocycles. The molecule has 2 bridgehead atoms. The third-order valence-electron chi connectivity index (χ3n) is 5.69. The van der Waals surface area contributed by atoms with Crippen molar-refractivity contribution in [2.24, 2.45) is 23.2 Å². The molecule has 1 N–H and O–H groups in total. The van der Waals surface area contributed by atoms with Crippen molar-refractivity contribution < 1.29 is 4.74 Å². The normalized spacial score (nSPS) is 42.8. The van der Waals surface area contributed by atoms with Gasteiger partial charge in [0.05, 0.1) is 6.61 Å². The molecule has 0 aromatic rings. The second kappa shape index (κ2) is 5.50. The van der Waals surface area contributed by atoms with Gasteiger partial charge in [0.2, 0.25) is 0 Å². The molecule has 2 heteroatoms. The fourth-order valence-corrected chi connectivity index (χ4v) is 4.74. The predicted octanol–water partition coefficient (Wildman–Crippen LogP) is 3.22. The molecule has 1 aliphatic heterocycles. The lowest BCUT2D eigenvalue weighted by atomic mass is 9.73. The van der Waals surface area contributed by atoms with Gasteiger partial charge in [-0.05, 0) is 62.8 Å². The van der Waals surface area contributed by atoms with Crippen LogP contribution < -0.4 is 5.32 Å². The van der Waals surface area contributed by atoms with Gasteiger partial charge in [0, 0.05) is 18.6 Å². The Kier molecular flexibility index (Phi) is 3.95. The standard InChI is InChI=1S/C16H29NO/c1-2-6-17-11-16(5-7-18-12-16)10-15-9-13-3-4-14(15)8-13/h13-15,17H,2-12H2,1H3. The van der Waals surface area contributed by atoms with Gasteiger partial charge in [0.1, 0.15) is 0 Å². The van der Waals surface area contributed by atoms with Crippen LogP contribution in [0.1, 0.15) is 51.9 Å².